The highest BCUT2D eigenvalue weighted by Gasteiger charge is 2.30. The minimum atomic E-state index is -0.669. The first-order valence-corrected chi connectivity index (χ1v) is 6.95. The fourth-order valence-electron chi connectivity index (χ4n) is 2.64. The molecule has 2 atom stereocenters. The lowest BCUT2D eigenvalue weighted by Crippen LogP contribution is -2.34. The summed E-state index contributed by atoms with van der Waals surface area (Å²) in [7, 11) is 0. The van der Waals surface area contributed by atoms with E-state index in [9.17, 15) is 9.90 Å². The van der Waals surface area contributed by atoms with Gasteiger partial charge in [0, 0.05) is 6.42 Å². The highest BCUT2D eigenvalue weighted by molar-refractivity contribution is 5.70. The molecule has 6 heteroatoms. The lowest BCUT2D eigenvalue weighted by Gasteiger charge is -2.28. The van der Waals surface area contributed by atoms with Crippen LogP contribution in [0.25, 0.3) is 0 Å². The Kier molecular flexibility index (Phi) is 4.90. The number of hydrogen-bond acceptors (Lipinski definition) is 5. The molecule has 0 bridgehead atoms. The predicted octanol–water partition coefficient (Wildman–Crippen LogP) is 1.61. The van der Waals surface area contributed by atoms with Gasteiger partial charge in [-0.1, -0.05) is 19.8 Å². The number of rotatable bonds is 6. The van der Waals surface area contributed by atoms with E-state index in [-0.39, 0.29) is 11.8 Å². The van der Waals surface area contributed by atoms with Crippen molar-refractivity contribution >= 4 is 5.97 Å². The quantitative estimate of drug-likeness (QED) is 0.814. The summed E-state index contributed by atoms with van der Waals surface area (Å²) in [4.78, 5) is 11.2. The van der Waals surface area contributed by atoms with Crippen molar-refractivity contribution in [2.75, 3.05) is 6.54 Å². The average Bonchev–Trinajstić information content (AvgIpc) is 2.87. The summed E-state index contributed by atoms with van der Waals surface area (Å²) in [6.45, 7) is 3.17. The third-order valence-corrected chi connectivity index (χ3v) is 3.72. The first kappa shape index (κ1) is 14.0. The van der Waals surface area contributed by atoms with Crippen molar-refractivity contribution in [3.05, 3.63) is 11.8 Å². The van der Waals surface area contributed by atoms with E-state index in [1.807, 2.05) is 6.92 Å². The van der Waals surface area contributed by atoms with Crippen LogP contribution in [-0.2, 0) is 17.8 Å². The van der Waals surface area contributed by atoms with Crippen molar-refractivity contribution in [1.29, 1.82) is 0 Å². The van der Waals surface area contributed by atoms with E-state index < -0.39 is 5.97 Å². The molecule has 1 saturated carbocycles. The largest absolute Gasteiger partial charge is 0.481 e. The topological polar surface area (TPSA) is 88.2 Å². The predicted molar refractivity (Wildman–Crippen MR) is 68.5 cm³/mol. The number of nitrogens with one attached hydrogen (secondary N) is 1. The summed E-state index contributed by atoms with van der Waals surface area (Å²) >= 11 is 0. The summed E-state index contributed by atoms with van der Waals surface area (Å²) < 4.78 is 5.40. The SMILES string of the molecule is CCc1nnc(CNCC2CCCCC2C(=O)O)o1. The number of hydrogen-bond donors (Lipinski definition) is 2. The average molecular weight is 267 g/mol. The van der Waals surface area contributed by atoms with Crippen LogP contribution in [0, 0.1) is 11.8 Å². The summed E-state index contributed by atoms with van der Waals surface area (Å²) in [6, 6.07) is 0. The van der Waals surface area contributed by atoms with Gasteiger partial charge >= 0.3 is 5.97 Å². The molecule has 106 valence electrons. The molecule has 0 radical (unpaired) electrons. The van der Waals surface area contributed by atoms with E-state index in [0.717, 1.165) is 32.1 Å². The maximum Gasteiger partial charge on any atom is 0.306 e. The molecule has 1 aromatic heterocycles. The second-order valence-corrected chi connectivity index (χ2v) is 5.06. The molecule has 1 aliphatic rings. The van der Waals surface area contributed by atoms with Gasteiger partial charge < -0.3 is 14.8 Å². The monoisotopic (exact) mass is 267 g/mol. The lowest BCUT2D eigenvalue weighted by atomic mass is 9.79. The highest BCUT2D eigenvalue weighted by atomic mass is 16.4. The zero-order valence-corrected chi connectivity index (χ0v) is 11.3. The van der Waals surface area contributed by atoms with Gasteiger partial charge in [0.1, 0.15) is 0 Å². The zero-order valence-electron chi connectivity index (χ0n) is 11.3. The Labute approximate surface area is 112 Å². The molecule has 6 nitrogen and oxygen atoms in total. The molecule has 0 spiro atoms. The van der Waals surface area contributed by atoms with Crippen LogP contribution in [0.2, 0.25) is 0 Å². The van der Waals surface area contributed by atoms with Gasteiger partial charge in [-0.15, -0.1) is 10.2 Å². The maximum absolute atomic E-state index is 11.2. The number of aromatic nitrogens is 2. The smallest absolute Gasteiger partial charge is 0.306 e. The van der Waals surface area contributed by atoms with Crippen molar-refractivity contribution in [2.45, 2.75) is 45.6 Å². The third-order valence-electron chi connectivity index (χ3n) is 3.72. The fourth-order valence-corrected chi connectivity index (χ4v) is 2.64. The molecule has 0 amide bonds. The Morgan fingerprint density at radius 1 is 1.37 bits per heavy atom. The maximum atomic E-state index is 11.2. The minimum Gasteiger partial charge on any atom is -0.481 e. The lowest BCUT2D eigenvalue weighted by molar-refractivity contribution is -0.144. The molecule has 2 rings (SSSR count). The summed E-state index contributed by atoms with van der Waals surface area (Å²) in [5.41, 5.74) is 0. The Hall–Kier alpha value is -1.43. The molecule has 0 aromatic carbocycles. The second kappa shape index (κ2) is 6.65. The molecule has 1 aliphatic carbocycles. The van der Waals surface area contributed by atoms with Crippen molar-refractivity contribution in [3.63, 3.8) is 0 Å². The van der Waals surface area contributed by atoms with E-state index in [1.54, 1.807) is 0 Å². The number of aliphatic carboxylic acids is 1. The standard InChI is InChI=1S/C13H21N3O3/c1-2-11-15-16-12(19-11)8-14-7-9-5-3-4-6-10(9)13(17)18/h9-10,14H,2-8H2,1H3,(H,17,18). The van der Waals surface area contributed by atoms with Gasteiger partial charge in [-0.25, -0.2) is 0 Å². The first-order chi connectivity index (χ1) is 9.20. The Bertz CT molecular complexity index is 419. The number of carboxylic acid groups (broad SMARTS) is 1. The van der Waals surface area contributed by atoms with Crippen molar-refractivity contribution < 1.29 is 14.3 Å². The van der Waals surface area contributed by atoms with Gasteiger partial charge in [0.15, 0.2) is 0 Å². The number of aryl methyl sites for hydroxylation is 1. The van der Waals surface area contributed by atoms with Crippen molar-refractivity contribution in [3.8, 4) is 0 Å². The van der Waals surface area contributed by atoms with Crippen LogP contribution >= 0.6 is 0 Å². The Balaban J connectivity index is 1.79. The van der Waals surface area contributed by atoms with Gasteiger partial charge in [-0.3, -0.25) is 4.79 Å². The Morgan fingerprint density at radius 2 is 2.11 bits per heavy atom. The van der Waals surface area contributed by atoms with E-state index in [1.165, 1.54) is 0 Å². The molecule has 2 N–H and O–H groups in total. The van der Waals surface area contributed by atoms with Crippen molar-refractivity contribution in [1.82, 2.24) is 15.5 Å². The molecular formula is C13H21N3O3. The first-order valence-electron chi connectivity index (χ1n) is 6.95. The van der Waals surface area contributed by atoms with Crippen molar-refractivity contribution in [2.24, 2.45) is 11.8 Å². The van der Waals surface area contributed by atoms with Crippen LogP contribution in [0.15, 0.2) is 4.42 Å². The molecular weight excluding hydrogens is 246 g/mol. The molecule has 0 aliphatic heterocycles. The molecule has 2 unspecified atom stereocenters. The number of nitrogens with zero attached hydrogens (tertiary/aromatic N) is 2. The van der Waals surface area contributed by atoms with Crippen LogP contribution in [0.5, 0.6) is 0 Å². The number of carbonyl (C=O) groups is 1. The van der Waals surface area contributed by atoms with E-state index in [4.69, 9.17) is 4.42 Å². The van der Waals surface area contributed by atoms with Crippen LogP contribution in [0.3, 0.4) is 0 Å². The fraction of sp³-hybridized carbons (Fsp3) is 0.769. The summed E-state index contributed by atoms with van der Waals surface area (Å²) in [6.07, 6.45) is 4.65. The van der Waals surface area contributed by atoms with Gasteiger partial charge in [-0.2, -0.15) is 0 Å². The molecule has 1 aromatic rings. The molecule has 1 fully saturated rings. The zero-order chi connectivity index (χ0) is 13.7. The van der Waals surface area contributed by atoms with Gasteiger partial charge in [0.05, 0.1) is 12.5 Å². The molecule has 1 heterocycles. The number of carboxylic acids is 1. The van der Waals surface area contributed by atoms with E-state index in [2.05, 4.69) is 15.5 Å². The van der Waals surface area contributed by atoms with E-state index in [0.29, 0.717) is 24.9 Å². The summed E-state index contributed by atoms with van der Waals surface area (Å²) in [5.74, 6) is 0.532. The van der Waals surface area contributed by atoms with Crippen LogP contribution in [0.4, 0.5) is 0 Å². The van der Waals surface area contributed by atoms with Gasteiger partial charge in [0.2, 0.25) is 11.8 Å². The second-order valence-electron chi connectivity index (χ2n) is 5.06. The summed E-state index contributed by atoms with van der Waals surface area (Å²) in [5, 5.41) is 20.2. The van der Waals surface area contributed by atoms with Crippen LogP contribution in [0.1, 0.15) is 44.4 Å². The van der Waals surface area contributed by atoms with Gasteiger partial charge in [0.25, 0.3) is 0 Å². The Morgan fingerprint density at radius 3 is 2.79 bits per heavy atom. The minimum absolute atomic E-state index is 0.208. The third kappa shape index (κ3) is 3.76. The molecule has 19 heavy (non-hydrogen) atoms. The molecule has 0 saturated heterocycles. The normalized spacial score (nSPS) is 23.4. The van der Waals surface area contributed by atoms with Gasteiger partial charge in [-0.05, 0) is 25.3 Å². The highest BCUT2D eigenvalue weighted by Crippen LogP contribution is 2.29. The van der Waals surface area contributed by atoms with Crippen LogP contribution in [-0.4, -0.2) is 27.8 Å². The van der Waals surface area contributed by atoms with Crippen LogP contribution < -0.4 is 5.32 Å². The van der Waals surface area contributed by atoms with E-state index >= 15 is 0 Å².